The van der Waals surface area contributed by atoms with Gasteiger partial charge in [-0.2, -0.15) is 0 Å². The SMILES string of the molecule is CCn1c(CC(=O)Nc2ccc(F)cc2)nnc1SCC(=O)N[C@H]1CCCC[C@H]1C. The van der Waals surface area contributed by atoms with Gasteiger partial charge in [0, 0.05) is 18.3 Å². The number of anilines is 1. The molecule has 2 aromatic rings. The number of nitrogens with zero attached hydrogens (tertiary/aromatic N) is 3. The van der Waals surface area contributed by atoms with Gasteiger partial charge < -0.3 is 15.2 Å². The summed E-state index contributed by atoms with van der Waals surface area (Å²) >= 11 is 1.33. The fourth-order valence-electron chi connectivity index (χ4n) is 3.67. The Morgan fingerprint density at radius 2 is 1.90 bits per heavy atom. The molecule has 1 aliphatic rings. The average Bonchev–Trinajstić information content (AvgIpc) is 3.11. The number of carbonyl (C=O) groups excluding carboxylic acids is 2. The Balaban J connectivity index is 1.53. The fraction of sp³-hybridized carbons (Fsp3) is 0.524. The molecule has 7 nitrogen and oxygen atoms in total. The summed E-state index contributed by atoms with van der Waals surface area (Å²) in [7, 11) is 0. The van der Waals surface area contributed by atoms with Crippen molar-refractivity contribution in [2.45, 2.75) is 63.7 Å². The van der Waals surface area contributed by atoms with Gasteiger partial charge in [0.1, 0.15) is 11.6 Å². The maximum Gasteiger partial charge on any atom is 0.232 e. The van der Waals surface area contributed by atoms with Crippen LogP contribution in [0.1, 0.15) is 45.4 Å². The molecule has 2 N–H and O–H groups in total. The maximum atomic E-state index is 13.0. The van der Waals surface area contributed by atoms with Gasteiger partial charge in [0.2, 0.25) is 11.8 Å². The van der Waals surface area contributed by atoms with Crippen molar-refractivity contribution in [3.63, 3.8) is 0 Å². The summed E-state index contributed by atoms with van der Waals surface area (Å²) in [5.74, 6) is 0.689. The first-order chi connectivity index (χ1) is 14.5. The van der Waals surface area contributed by atoms with E-state index in [9.17, 15) is 14.0 Å². The molecule has 0 unspecified atom stereocenters. The molecule has 1 fully saturated rings. The second-order valence-electron chi connectivity index (χ2n) is 7.60. The highest BCUT2D eigenvalue weighted by Crippen LogP contribution is 2.24. The number of nitrogens with one attached hydrogen (secondary N) is 2. The minimum absolute atomic E-state index is 0.00000550. The third kappa shape index (κ3) is 6.04. The van der Waals surface area contributed by atoms with Crippen LogP contribution in [0, 0.1) is 11.7 Å². The predicted molar refractivity (Wildman–Crippen MR) is 115 cm³/mol. The number of carbonyl (C=O) groups is 2. The number of amides is 2. The van der Waals surface area contributed by atoms with Gasteiger partial charge >= 0.3 is 0 Å². The molecule has 2 amide bonds. The van der Waals surface area contributed by atoms with Gasteiger partial charge in [-0.15, -0.1) is 10.2 Å². The molecule has 0 spiro atoms. The van der Waals surface area contributed by atoms with Crippen LogP contribution in [0.5, 0.6) is 0 Å². The monoisotopic (exact) mass is 433 g/mol. The van der Waals surface area contributed by atoms with E-state index < -0.39 is 0 Å². The lowest BCUT2D eigenvalue weighted by Crippen LogP contribution is -2.41. The second kappa shape index (κ2) is 10.6. The molecule has 9 heteroatoms. The molecule has 1 heterocycles. The van der Waals surface area contributed by atoms with Crippen LogP contribution in [-0.4, -0.2) is 38.4 Å². The van der Waals surface area contributed by atoms with E-state index in [1.165, 1.54) is 42.4 Å². The minimum Gasteiger partial charge on any atom is -0.352 e. The van der Waals surface area contributed by atoms with Crippen LogP contribution in [0.15, 0.2) is 29.4 Å². The minimum atomic E-state index is -0.359. The van der Waals surface area contributed by atoms with Crippen molar-refractivity contribution in [2.24, 2.45) is 5.92 Å². The van der Waals surface area contributed by atoms with Crippen molar-refractivity contribution in [3.8, 4) is 0 Å². The molecule has 162 valence electrons. The van der Waals surface area contributed by atoms with Crippen LogP contribution in [0.4, 0.5) is 10.1 Å². The van der Waals surface area contributed by atoms with Crippen molar-refractivity contribution >= 4 is 29.3 Å². The topological polar surface area (TPSA) is 88.9 Å². The average molecular weight is 434 g/mol. The highest BCUT2D eigenvalue weighted by atomic mass is 32.2. The predicted octanol–water partition coefficient (Wildman–Crippen LogP) is 3.41. The van der Waals surface area contributed by atoms with E-state index in [2.05, 4.69) is 27.8 Å². The lowest BCUT2D eigenvalue weighted by atomic mass is 9.86. The van der Waals surface area contributed by atoms with Gasteiger partial charge in [-0.3, -0.25) is 9.59 Å². The molecule has 1 aromatic heterocycles. The lowest BCUT2D eigenvalue weighted by Gasteiger charge is -2.29. The summed E-state index contributed by atoms with van der Waals surface area (Å²) in [4.78, 5) is 24.7. The number of aromatic nitrogens is 3. The zero-order chi connectivity index (χ0) is 21.5. The molecule has 1 saturated carbocycles. The van der Waals surface area contributed by atoms with E-state index in [0.29, 0.717) is 29.1 Å². The molecule has 1 aliphatic carbocycles. The number of hydrogen-bond acceptors (Lipinski definition) is 5. The molecule has 30 heavy (non-hydrogen) atoms. The van der Waals surface area contributed by atoms with Crippen molar-refractivity contribution in [2.75, 3.05) is 11.1 Å². The lowest BCUT2D eigenvalue weighted by molar-refractivity contribution is -0.120. The van der Waals surface area contributed by atoms with Crippen molar-refractivity contribution in [3.05, 3.63) is 35.9 Å². The maximum absolute atomic E-state index is 13.0. The van der Waals surface area contributed by atoms with Gasteiger partial charge in [-0.25, -0.2) is 4.39 Å². The first-order valence-electron chi connectivity index (χ1n) is 10.4. The van der Waals surface area contributed by atoms with Crippen LogP contribution in [0.2, 0.25) is 0 Å². The Kier molecular flexibility index (Phi) is 7.84. The van der Waals surface area contributed by atoms with Crippen LogP contribution < -0.4 is 10.6 Å². The van der Waals surface area contributed by atoms with E-state index in [1.807, 2.05) is 11.5 Å². The van der Waals surface area contributed by atoms with Crippen LogP contribution in [-0.2, 0) is 22.6 Å². The van der Waals surface area contributed by atoms with Gasteiger partial charge in [0.25, 0.3) is 0 Å². The van der Waals surface area contributed by atoms with Crippen LogP contribution >= 0.6 is 11.8 Å². The molecule has 3 rings (SSSR count). The first-order valence-corrected chi connectivity index (χ1v) is 11.3. The summed E-state index contributed by atoms with van der Waals surface area (Å²) in [6, 6.07) is 5.84. The number of thioether (sulfide) groups is 1. The Bertz CT molecular complexity index is 871. The number of hydrogen-bond donors (Lipinski definition) is 2. The largest absolute Gasteiger partial charge is 0.352 e. The molecular weight excluding hydrogens is 405 g/mol. The summed E-state index contributed by atoms with van der Waals surface area (Å²) in [6.45, 7) is 4.72. The zero-order valence-corrected chi connectivity index (χ0v) is 18.2. The number of rotatable bonds is 8. The van der Waals surface area contributed by atoms with Crippen molar-refractivity contribution in [1.29, 1.82) is 0 Å². The summed E-state index contributed by atoms with van der Waals surface area (Å²) < 4.78 is 14.8. The quantitative estimate of drug-likeness (QED) is 0.623. The van der Waals surface area contributed by atoms with E-state index in [4.69, 9.17) is 0 Å². The molecule has 1 aromatic carbocycles. The Morgan fingerprint density at radius 1 is 1.17 bits per heavy atom. The zero-order valence-electron chi connectivity index (χ0n) is 17.4. The first kappa shape index (κ1) is 22.3. The third-order valence-corrected chi connectivity index (χ3v) is 6.31. The molecule has 2 atom stereocenters. The Morgan fingerprint density at radius 3 is 2.60 bits per heavy atom. The Labute approximate surface area is 180 Å². The van der Waals surface area contributed by atoms with Gasteiger partial charge in [-0.1, -0.05) is 31.5 Å². The smallest absolute Gasteiger partial charge is 0.232 e. The highest BCUT2D eigenvalue weighted by Gasteiger charge is 2.23. The summed E-state index contributed by atoms with van der Waals surface area (Å²) in [5, 5.41) is 14.8. The van der Waals surface area contributed by atoms with E-state index in [0.717, 1.165) is 19.3 Å². The van der Waals surface area contributed by atoms with Crippen molar-refractivity contribution < 1.29 is 14.0 Å². The van der Waals surface area contributed by atoms with Crippen molar-refractivity contribution in [1.82, 2.24) is 20.1 Å². The molecule has 0 bridgehead atoms. The molecular formula is C21H28FN5O2S. The van der Waals surface area contributed by atoms with Crippen LogP contribution in [0.3, 0.4) is 0 Å². The van der Waals surface area contributed by atoms with Gasteiger partial charge in [0.15, 0.2) is 5.16 Å². The molecule has 0 saturated heterocycles. The van der Waals surface area contributed by atoms with Crippen LogP contribution in [0.25, 0.3) is 0 Å². The highest BCUT2D eigenvalue weighted by molar-refractivity contribution is 7.99. The summed E-state index contributed by atoms with van der Waals surface area (Å²) in [5.41, 5.74) is 0.521. The van der Waals surface area contributed by atoms with Gasteiger partial charge in [-0.05, 0) is 49.9 Å². The number of benzene rings is 1. The Hall–Kier alpha value is -2.42. The normalized spacial score (nSPS) is 18.8. The van der Waals surface area contributed by atoms with E-state index in [1.54, 1.807) is 0 Å². The second-order valence-corrected chi connectivity index (χ2v) is 8.54. The fourth-order valence-corrected chi connectivity index (χ4v) is 4.50. The van der Waals surface area contributed by atoms with Gasteiger partial charge in [0.05, 0.1) is 12.2 Å². The van der Waals surface area contributed by atoms with E-state index in [-0.39, 0.29) is 35.8 Å². The molecule has 0 radical (unpaired) electrons. The standard InChI is InChI=1S/C21H28FN5O2S/c1-3-27-18(12-19(28)23-16-10-8-15(22)9-11-16)25-26-21(27)30-13-20(29)24-17-7-5-4-6-14(17)2/h8-11,14,17H,3-7,12-13H2,1-2H3,(H,23,28)(H,24,29)/t14-,17+/m1/s1. The number of halogens is 1. The third-order valence-electron chi connectivity index (χ3n) is 5.35. The molecule has 0 aliphatic heterocycles. The van der Waals surface area contributed by atoms with E-state index >= 15 is 0 Å². The summed E-state index contributed by atoms with van der Waals surface area (Å²) in [6.07, 6.45) is 4.64.